The van der Waals surface area contributed by atoms with Gasteiger partial charge in [0.1, 0.15) is 48.9 Å². The lowest BCUT2D eigenvalue weighted by Gasteiger charge is -2.48. The van der Waals surface area contributed by atoms with E-state index in [9.17, 15) is 50.4 Å². The lowest BCUT2D eigenvalue weighted by Crippen LogP contribution is -3.14. The molecule has 13 N–H and O–H groups in total. The number of nitrogens with one attached hydrogen (secondary N) is 3. The highest BCUT2D eigenvalue weighted by atomic mass is 33.1. The fourth-order valence-electron chi connectivity index (χ4n) is 8.51. The van der Waals surface area contributed by atoms with Gasteiger partial charge in [-0.15, -0.1) is 6.58 Å². The van der Waals surface area contributed by atoms with Crippen LogP contribution in [-0.2, 0) is 33.3 Å². The second-order valence-electron chi connectivity index (χ2n) is 15.9. The van der Waals surface area contributed by atoms with E-state index in [1.165, 1.54) is 19.3 Å². The Balaban J connectivity index is 1.53. The molecule has 4 bridgehead atoms. The number of carboxylic acid groups (broad SMARTS) is 1. The predicted octanol–water partition coefficient (Wildman–Crippen LogP) is -3.08. The summed E-state index contributed by atoms with van der Waals surface area (Å²) in [6.45, 7) is 2.40. The number of aliphatic hydroxyl groups is 7. The maximum atomic E-state index is 14.5. The minimum atomic E-state index is -3.10. The maximum Gasteiger partial charge on any atom is 0.343 e. The SMILES string of the molecule is C=CC1C(OC2OC(CO)C(O)C(O)(O)C2OC(CO)NC)OC=C2C(=O)OC3CCCC3CSSC3CC#CC(=CC4=C(NC(N)=NCCCO)C(C(=O)O)=C[NH+](C4)C3CO)C21. The van der Waals surface area contributed by atoms with Gasteiger partial charge in [0.25, 0.3) is 0 Å². The first-order valence-corrected chi connectivity index (χ1v) is 23.2. The minimum Gasteiger partial charge on any atom is -0.477 e. The normalized spacial score (nSPS) is 35.0. The van der Waals surface area contributed by atoms with Crippen LogP contribution in [0.1, 0.15) is 32.1 Å². The number of nitrogens with zero attached hydrogens (tertiary/aromatic N) is 1. The average molecular weight is 925 g/mol. The van der Waals surface area contributed by atoms with Crippen LogP contribution in [0.15, 0.2) is 64.2 Å². The van der Waals surface area contributed by atoms with Crippen molar-refractivity contribution in [2.75, 3.05) is 52.3 Å². The number of nitrogens with two attached hydrogens (primary N) is 1. The van der Waals surface area contributed by atoms with Crippen LogP contribution in [0.4, 0.5) is 0 Å². The van der Waals surface area contributed by atoms with Gasteiger partial charge in [-0.2, -0.15) is 0 Å². The monoisotopic (exact) mass is 924 g/mol. The molecule has 20 nitrogen and oxygen atoms in total. The van der Waals surface area contributed by atoms with Gasteiger partial charge < -0.3 is 75.6 Å². The zero-order valence-corrected chi connectivity index (χ0v) is 36.3. The molecule has 6 rings (SSSR count). The van der Waals surface area contributed by atoms with Crippen LogP contribution in [0.5, 0.6) is 0 Å². The number of carboxylic acids is 1. The van der Waals surface area contributed by atoms with E-state index in [4.69, 9.17) is 29.4 Å². The van der Waals surface area contributed by atoms with Crippen molar-refractivity contribution in [3.05, 3.63) is 59.2 Å². The number of aliphatic hydroxyl groups excluding tert-OH is 5. The Morgan fingerprint density at radius 1 is 1.22 bits per heavy atom. The molecule has 6 aliphatic rings. The molecular formula is C41H58N5O15S2+. The number of rotatable bonds is 14. The van der Waals surface area contributed by atoms with Crippen molar-refractivity contribution in [1.29, 1.82) is 0 Å². The van der Waals surface area contributed by atoms with Crippen LogP contribution in [0, 0.1) is 29.6 Å². The van der Waals surface area contributed by atoms with Crippen molar-refractivity contribution in [2.24, 2.45) is 28.5 Å². The van der Waals surface area contributed by atoms with Crippen molar-refractivity contribution in [1.82, 2.24) is 10.6 Å². The topological polar surface area (TPSA) is 309 Å². The lowest BCUT2D eigenvalue weighted by molar-refractivity contribution is -0.870. The summed E-state index contributed by atoms with van der Waals surface area (Å²) in [6.07, 6.45) is -1.83. The van der Waals surface area contributed by atoms with E-state index in [2.05, 4.69) is 34.0 Å². The molecule has 1 saturated heterocycles. The number of allylic oxidation sites excluding steroid dienone is 1. The third kappa shape index (κ3) is 11.0. The maximum absolute atomic E-state index is 14.5. The van der Waals surface area contributed by atoms with Crippen molar-refractivity contribution >= 4 is 39.5 Å². The van der Waals surface area contributed by atoms with Crippen LogP contribution in [0.2, 0.25) is 0 Å². The number of hydrogen-bond donors (Lipinski definition) is 12. The quantitative estimate of drug-likeness (QED) is 0.0120. The summed E-state index contributed by atoms with van der Waals surface area (Å²) in [7, 11) is 4.57. The van der Waals surface area contributed by atoms with Crippen LogP contribution in [-0.4, -0.2) is 171 Å². The molecule has 0 aromatic carbocycles. The lowest BCUT2D eigenvalue weighted by atomic mass is 9.77. The standard InChI is InChI=1S/C41H57N5O15S2/c1-3-24-32-21-7-5-10-30(27(16-48)46-14-23(13-21)33(25(15-46)36(52)53)45-40(42)44-11-6-12-47)63-62-20-22-8-4-9-28(22)58-37(54)26(32)19-57-38(24)61-39-35(60-31(18-50)43-2)41(55,56)34(51)29(17-49)59-39/h3,13,15,19,22,24,27-32,34-35,38-39,43,47-51,55-56H,1,4,6,8-12,14,16-18,20H2,2H3,(H,52,53)(H3,42,44,45)/p+1. The molecule has 5 heterocycles. The van der Waals surface area contributed by atoms with Gasteiger partial charge in [0.05, 0.1) is 48.5 Å². The van der Waals surface area contributed by atoms with E-state index >= 15 is 0 Å². The number of esters is 1. The van der Waals surface area contributed by atoms with Gasteiger partial charge in [0, 0.05) is 48.3 Å². The van der Waals surface area contributed by atoms with Crippen molar-refractivity contribution in [2.45, 2.75) is 92.4 Å². The Labute approximate surface area is 372 Å². The molecule has 5 aliphatic heterocycles. The fourth-order valence-corrected chi connectivity index (χ4v) is 11.8. The molecule has 22 heteroatoms. The number of carbonyl (C=O) groups excluding carboxylic acids is 1. The third-order valence-electron chi connectivity index (χ3n) is 11.9. The number of aliphatic carboxylic acids is 1. The summed E-state index contributed by atoms with van der Waals surface area (Å²) in [5.74, 6) is -0.171. The first-order valence-electron chi connectivity index (χ1n) is 20.8. The first kappa shape index (κ1) is 48.9. The van der Waals surface area contributed by atoms with E-state index in [-0.39, 0.29) is 72.3 Å². The van der Waals surface area contributed by atoms with Crippen LogP contribution >= 0.6 is 21.6 Å². The summed E-state index contributed by atoms with van der Waals surface area (Å²) in [4.78, 5) is 32.4. The predicted molar refractivity (Wildman–Crippen MR) is 227 cm³/mol. The molecule has 63 heavy (non-hydrogen) atoms. The van der Waals surface area contributed by atoms with Crippen molar-refractivity contribution < 1.29 is 79.0 Å². The number of fused-ring (bicyclic) bond motifs is 8. The first-order chi connectivity index (χ1) is 30.3. The molecule has 2 fully saturated rings. The summed E-state index contributed by atoms with van der Waals surface area (Å²) < 4.78 is 30.3. The van der Waals surface area contributed by atoms with Crippen molar-refractivity contribution in [3.63, 3.8) is 0 Å². The van der Waals surface area contributed by atoms with Gasteiger partial charge in [0.15, 0.2) is 18.4 Å². The zero-order valence-electron chi connectivity index (χ0n) is 34.7. The number of guanidine groups is 1. The molecule has 0 spiro atoms. The number of likely N-dealkylation sites (N-methyl/N-ethyl adjacent to an activating group) is 1. The van der Waals surface area contributed by atoms with Crippen LogP contribution in [0.3, 0.4) is 0 Å². The Morgan fingerprint density at radius 2 is 2.02 bits per heavy atom. The van der Waals surface area contributed by atoms with Gasteiger partial charge in [0.2, 0.25) is 12.1 Å². The van der Waals surface area contributed by atoms with E-state index in [1.807, 2.05) is 0 Å². The largest absolute Gasteiger partial charge is 0.477 e. The third-order valence-corrected chi connectivity index (χ3v) is 14.9. The fraction of sp³-hybridized carbons (Fsp3) is 0.634. The number of aliphatic imine (C=N–C) groups is 1. The van der Waals surface area contributed by atoms with E-state index < -0.39 is 92.0 Å². The molecule has 0 radical (unpaired) electrons. The highest BCUT2D eigenvalue weighted by molar-refractivity contribution is 8.77. The van der Waals surface area contributed by atoms with Gasteiger partial charge in [-0.25, -0.2) is 9.59 Å². The van der Waals surface area contributed by atoms with E-state index in [1.54, 1.807) is 27.7 Å². The summed E-state index contributed by atoms with van der Waals surface area (Å²) in [6, 6.07) is -0.499. The molecule has 0 amide bonds. The van der Waals surface area contributed by atoms with Gasteiger partial charge in [-0.3, -0.25) is 15.2 Å². The number of hydrogen-bond acceptors (Lipinski definition) is 18. The highest BCUT2D eigenvalue weighted by Gasteiger charge is 2.58. The Hall–Kier alpha value is -3.51. The summed E-state index contributed by atoms with van der Waals surface area (Å²) in [5, 5.41) is 89.4. The summed E-state index contributed by atoms with van der Waals surface area (Å²) in [5.41, 5.74) is 6.88. The van der Waals surface area contributed by atoms with Gasteiger partial charge in [-0.05, 0) is 38.8 Å². The molecule has 1 saturated carbocycles. The minimum absolute atomic E-state index is 0.0211. The van der Waals surface area contributed by atoms with Crippen molar-refractivity contribution in [3.8, 4) is 11.8 Å². The Bertz CT molecular complexity index is 1900. The molecular weight excluding hydrogens is 867 g/mol. The second kappa shape index (κ2) is 22.1. The smallest absolute Gasteiger partial charge is 0.343 e. The second-order valence-corrected chi connectivity index (χ2v) is 18.6. The van der Waals surface area contributed by atoms with Gasteiger partial charge >= 0.3 is 11.9 Å². The molecule has 0 aromatic heterocycles. The molecule has 348 valence electrons. The van der Waals surface area contributed by atoms with Crippen LogP contribution < -0.4 is 21.3 Å². The average Bonchev–Trinajstić information content (AvgIpc) is 3.70. The molecule has 13 atom stereocenters. The van der Waals surface area contributed by atoms with Gasteiger partial charge in [-0.1, -0.05) is 39.5 Å². The Morgan fingerprint density at radius 3 is 2.70 bits per heavy atom. The number of carbonyl (C=O) groups is 2. The van der Waals surface area contributed by atoms with E-state index in [0.29, 0.717) is 29.1 Å². The number of quaternary nitrogens is 1. The molecule has 13 unspecified atom stereocenters. The molecule has 1 aliphatic carbocycles. The number of ether oxygens (including phenoxy) is 5. The Kier molecular flexibility index (Phi) is 17.2. The van der Waals surface area contributed by atoms with Crippen LogP contribution in [0.25, 0.3) is 0 Å². The summed E-state index contributed by atoms with van der Waals surface area (Å²) >= 11 is 0. The molecule has 0 aromatic rings. The van der Waals surface area contributed by atoms with E-state index in [0.717, 1.165) is 19.1 Å². The zero-order chi connectivity index (χ0) is 45.4. The highest BCUT2D eigenvalue weighted by Crippen LogP contribution is 2.43.